The number of amides is 1. The lowest BCUT2D eigenvalue weighted by Crippen LogP contribution is -2.51. The maximum atomic E-state index is 13.2. The van der Waals surface area contributed by atoms with Crippen molar-refractivity contribution in [2.45, 2.75) is 4.90 Å². The third-order valence-corrected chi connectivity index (χ3v) is 6.51. The normalized spacial score (nSPS) is 16.0. The van der Waals surface area contributed by atoms with Crippen LogP contribution in [0.1, 0.15) is 0 Å². The SMILES string of the molecule is CN(C)c1nccc2c(S(=O)(=O)N3CCN(C(=O)CN)CC3)cccc12. The molecule has 0 radical (unpaired) electrons. The van der Waals surface area contributed by atoms with Crippen LogP contribution >= 0.6 is 0 Å². The van der Waals surface area contributed by atoms with Gasteiger partial charge in [0.15, 0.2) is 0 Å². The van der Waals surface area contributed by atoms with Crippen LogP contribution in [0.4, 0.5) is 5.82 Å². The Morgan fingerprint density at radius 1 is 1.15 bits per heavy atom. The minimum absolute atomic E-state index is 0.0591. The second kappa shape index (κ2) is 7.18. The van der Waals surface area contributed by atoms with Gasteiger partial charge in [-0.2, -0.15) is 4.31 Å². The zero-order chi connectivity index (χ0) is 18.9. The molecule has 1 aromatic heterocycles. The molecule has 1 aromatic carbocycles. The standard InChI is InChI=1S/C17H23N5O3S/c1-20(2)17-14-4-3-5-15(13(14)6-7-19-17)26(24,25)22-10-8-21(9-11-22)16(23)12-18/h3-7H,8-12,18H2,1-2H3. The number of benzene rings is 1. The molecule has 0 aliphatic carbocycles. The topological polar surface area (TPSA) is 99.8 Å². The van der Waals surface area contributed by atoms with Crippen molar-refractivity contribution in [2.75, 3.05) is 51.7 Å². The quantitative estimate of drug-likeness (QED) is 0.811. The molecule has 3 rings (SSSR count). The van der Waals surface area contributed by atoms with Gasteiger partial charge >= 0.3 is 0 Å². The Balaban J connectivity index is 1.96. The largest absolute Gasteiger partial charge is 0.362 e. The lowest BCUT2D eigenvalue weighted by Gasteiger charge is -2.34. The van der Waals surface area contributed by atoms with Crippen molar-refractivity contribution in [2.24, 2.45) is 5.73 Å². The summed E-state index contributed by atoms with van der Waals surface area (Å²) in [7, 11) is 0.0742. The number of anilines is 1. The summed E-state index contributed by atoms with van der Waals surface area (Å²) in [4.78, 5) is 19.8. The molecular weight excluding hydrogens is 354 g/mol. The van der Waals surface area contributed by atoms with E-state index in [1.807, 2.05) is 25.1 Å². The van der Waals surface area contributed by atoms with E-state index in [1.165, 1.54) is 4.31 Å². The number of rotatable bonds is 4. The summed E-state index contributed by atoms with van der Waals surface area (Å²) in [6.45, 7) is 1.16. The molecule has 26 heavy (non-hydrogen) atoms. The summed E-state index contributed by atoms with van der Waals surface area (Å²) < 4.78 is 27.8. The molecule has 0 spiro atoms. The van der Waals surface area contributed by atoms with Gasteiger partial charge in [0.1, 0.15) is 5.82 Å². The number of sulfonamides is 1. The van der Waals surface area contributed by atoms with Gasteiger partial charge in [-0.25, -0.2) is 13.4 Å². The summed E-state index contributed by atoms with van der Waals surface area (Å²) in [5, 5.41) is 1.43. The van der Waals surface area contributed by atoms with Crippen LogP contribution in [0.25, 0.3) is 10.8 Å². The lowest BCUT2D eigenvalue weighted by molar-refractivity contribution is -0.130. The number of nitrogens with two attached hydrogens (primary N) is 1. The number of hydrogen-bond acceptors (Lipinski definition) is 6. The minimum Gasteiger partial charge on any atom is -0.362 e. The lowest BCUT2D eigenvalue weighted by atomic mass is 10.1. The van der Waals surface area contributed by atoms with Gasteiger partial charge in [-0.05, 0) is 12.1 Å². The Kier molecular flexibility index (Phi) is 5.12. The number of pyridine rings is 1. The Labute approximate surface area is 153 Å². The molecule has 0 saturated carbocycles. The van der Waals surface area contributed by atoms with Crippen LogP contribution in [0.15, 0.2) is 35.4 Å². The van der Waals surface area contributed by atoms with Crippen molar-refractivity contribution in [3.05, 3.63) is 30.5 Å². The summed E-state index contributed by atoms with van der Waals surface area (Å²) in [6, 6.07) is 6.95. The summed E-state index contributed by atoms with van der Waals surface area (Å²) >= 11 is 0. The molecule has 0 atom stereocenters. The van der Waals surface area contributed by atoms with Crippen LogP contribution in [0.5, 0.6) is 0 Å². The predicted octanol–water partition coefficient (Wildman–Crippen LogP) is 0.0924. The van der Waals surface area contributed by atoms with Crippen molar-refractivity contribution in [3.8, 4) is 0 Å². The van der Waals surface area contributed by atoms with E-state index in [0.29, 0.717) is 18.5 Å². The number of hydrogen-bond donors (Lipinski definition) is 1. The first-order valence-corrected chi connectivity index (χ1v) is 9.83. The van der Waals surface area contributed by atoms with Gasteiger partial charge in [0.05, 0.1) is 11.4 Å². The monoisotopic (exact) mass is 377 g/mol. The first kappa shape index (κ1) is 18.6. The second-order valence-corrected chi connectivity index (χ2v) is 8.28. The molecule has 140 valence electrons. The molecular formula is C17H23N5O3S. The molecule has 1 fully saturated rings. The number of piperazine rings is 1. The van der Waals surface area contributed by atoms with E-state index in [-0.39, 0.29) is 30.4 Å². The van der Waals surface area contributed by atoms with Gasteiger partial charge in [-0.15, -0.1) is 0 Å². The summed E-state index contributed by atoms with van der Waals surface area (Å²) in [5.41, 5.74) is 5.38. The van der Waals surface area contributed by atoms with Crippen molar-refractivity contribution >= 4 is 32.5 Å². The number of carbonyl (C=O) groups is 1. The fourth-order valence-electron chi connectivity index (χ4n) is 3.19. The maximum Gasteiger partial charge on any atom is 0.243 e. The molecule has 1 amide bonds. The average molecular weight is 377 g/mol. The van der Waals surface area contributed by atoms with Gasteiger partial charge in [-0.1, -0.05) is 12.1 Å². The van der Waals surface area contributed by atoms with E-state index in [1.54, 1.807) is 29.3 Å². The van der Waals surface area contributed by atoms with Crippen LogP contribution in [0, 0.1) is 0 Å². The van der Waals surface area contributed by atoms with Crippen molar-refractivity contribution in [1.82, 2.24) is 14.2 Å². The highest BCUT2D eigenvalue weighted by Gasteiger charge is 2.31. The van der Waals surface area contributed by atoms with Gasteiger partial charge in [0, 0.05) is 57.2 Å². The van der Waals surface area contributed by atoms with Crippen molar-refractivity contribution in [1.29, 1.82) is 0 Å². The Morgan fingerprint density at radius 3 is 2.46 bits per heavy atom. The molecule has 2 N–H and O–H groups in total. The molecule has 0 bridgehead atoms. The summed E-state index contributed by atoms with van der Waals surface area (Å²) in [6.07, 6.45) is 1.62. The highest BCUT2D eigenvalue weighted by atomic mass is 32.2. The zero-order valence-corrected chi connectivity index (χ0v) is 15.7. The predicted molar refractivity (Wildman–Crippen MR) is 100 cm³/mol. The van der Waals surface area contributed by atoms with Gasteiger partial charge < -0.3 is 15.5 Å². The maximum absolute atomic E-state index is 13.2. The van der Waals surface area contributed by atoms with Gasteiger partial charge in [0.2, 0.25) is 15.9 Å². The van der Waals surface area contributed by atoms with Gasteiger partial charge in [0.25, 0.3) is 0 Å². The smallest absolute Gasteiger partial charge is 0.243 e. The van der Waals surface area contributed by atoms with Crippen LogP contribution < -0.4 is 10.6 Å². The van der Waals surface area contributed by atoms with E-state index in [2.05, 4.69) is 4.98 Å². The van der Waals surface area contributed by atoms with E-state index < -0.39 is 10.0 Å². The van der Waals surface area contributed by atoms with Crippen LogP contribution in [-0.2, 0) is 14.8 Å². The molecule has 9 heteroatoms. The number of aromatic nitrogens is 1. The van der Waals surface area contributed by atoms with Crippen LogP contribution in [-0.4, -0.2) is 75.3 Å². The Bertz CT molecular complexity index is 921. The van der Waals surface area contributed by atoms with Crippen molar-refractivity contribution in [3.63, 3.8) is 0 Å². The number of carbonyl (C=O) groups excluding carboxylic acids is 1. The Morgan fingerprint density at radius 2 is 1.85 bits per heavy atom. The molecule has 2 heterocycles. The second-order valence-electron chi connectivity index (χ2n) is 6.37. The molecule has 8 nitrogen and oxygen atoms in total. The molecule has 2 aromatic rings. The zero-order valence-electron chi connectivity index (χ0n) is 14.9. The minimum atomic E-state index is -3.67. The van der Waals surface area contributed by atoms with E-state index in [4.69, 9.17) is 5.73 Å². The third kappa shape index (κ3) is 3.25. The first-order valence-electron chi connectivity index (χ1n) is 8.39. The van der Waals surface area contributed by atoms with Crippen molar-refractivity contribution < 1.29 is 13.2 Å². The molecule has 1 saturated heterocycles. The number of nitrogens with zero attached hydrogens (tertiary/aromatic N) is 4. The Hall–Kier alpha value is -2.23. The van der Waals surface area contributed by atoms with E-state index in [0.717, 1.165) is 11.2 Å². The van der Waals surface area contributed by atoms with E-state index in [9.17, 15) is 13.2 Å². The summed E-state index contributed by atoms with van der Waals surface area (Å²) in [5.74, 6) is 0.562. The van der Waals surface area contributed by atoms with Crippen LogP contribution in [0.3, 0.4) is 0 Å². The molecule has 1 aliphatic heterocycles. The van der Waals surface area contributed by atoms with Crippen LogP contribution in [0.2, 0.25) is 0 Å². The molecule has 1 aliphatic rings. The highest BCUT2D eigenvalue weighted by molar-refractivity contribution is 7.89. The molecule has 0 unspecified atom stereocenters. The number of fused-ring (bicyclic) bond motifs is 1. The van der Waals surface area contributed by atoms with E-state index >= 15 is 0 Å². The van der Waals surface area contributed by atoms with Gasteiger partial charge in [-0.3, -0.25) is 4.79 Å². The fraction of sp³-hybridized carbons (Fsp3) is 0.412. The first-order chi connectivity index (χ1) is 12.4. The average Bonchev–Trinajstić information content (AvgIpc) is 2.66. The highest BCUT2D eigenvalue weighted by Crippen LogP contribution is 2.30. The third-order valence-electron chi connectivity index (χ3n) is 4.55. The fourth-order valence-corrected chi connectivity index (χ4v) is 4.82.